The highest BCUT2D eigenvalue weighted by Gasteiger charge is 2.23. The van der Waals surface area contributed by atoms with E-state index in [1.54, 1.807) is 7.11 Å². The van der Waals surface area contributed by atoms with Crippen LogP contribution in [0.2, 0.25) is 0 Å². The number of nitrogens with zero attached hydrogens (tertiary/aromatic N) is 1. The van der Waals surface area contributed by atoms with Crippen LogP contribution in [0.5, 0.6) is 5.75 Å². The van der Waals surface area contributed by atoms with Crippen LogP contribution in [0.15, 0.2) is 18.2 Å². The van der Waals surface area contributed by atoms with Gasteiger partial charge in [-0.05, 0) is 56.0 Å². The van der Waals surface area contributed by atoms with Crippen LogP contribution in [0.25, 0.3) is 0 Å². The minimum absolute atomic E-state index is 0.507. The summed E-state index contributed by atoms with van der Waals surface area (Å²) in [5.41, 5.74) is 2.93. The first-order valence-corrected chi connectivity index (χ1v) is 8.38. The molecule has 0 amide bonds. The molecule has 21 heavy (non-hydrogen) atoms. The highest BCUT2D eigenvalue weighted by atomic mass is 16.5. The number of ether oxygens (including phenoxy) is 1. The highest BCUT2D eigenvalue weighted by Crippen LogP contribution is 2.33. The first-order valence-electron chi connectivity index (χ1n) is 8.38. The third-order valence-electron chi connectivity index (χ3n) is 5.23. The van der Waals surface area contributed by atoms with Crippen LogP contribution in [0.1, 0.15) is 49.3 Å². The Balaban J connectivity index is 1.51. The van der Waals surface area contributed by atoms with Gasteiger partial charge in [0.05, 0.1) is 7.11 Å². The minimum atomic E-state index is 0.507. The Hall–Kier alpha value is -1.06. The summed E-state index contributed by atoms with van der Waals surface area (Å²) in [6.45, 7) is 2.23. The average molecular weight is 288 g/mol. The molecule has 0 saturated heterocycles. The summed E-state index contributed by atoms with van der Waals surface area (Å²) < 4.78 is 5.36. The molecule has 1 unspecified atom stereocenters. The third kappa shape index (κ3) is 3.41. The summed E-state index contributed by atoms with van der Waals surface area (Å²) >= 11 is 0. The maximum Gasteiger partial charge on any atom is 0.119 e. The Morgan fingerprint density at radius 2 is 2.05 bits per heavy atom. The molecular weight excluding hydrogens is 260 g/mol. The van der Waals surface area contributed by atoms with Gasteiger partial charge in [-0.3, -0.25) is 0 Å². The fourth-order valence-corrected chi connectivity index (χ4v) is 3.86. The fourth-order valence-electron chi connectivity index (χ4n) is 3.86. The molecule has 3 nitrogen and oxygen atoms in total. The second kappa shape index (κ2) is 6.80. The quantitative estimate of drug-likeness (QED) is 0.870. The van der Waals surface area contributed by atoms with Gasteiger partial charge >= 0.3 is 0 Å². The molecule has 1 aromatic rings. The van der Waals surface area contributed by atoms with Crippen LogP contribution in [0, 0.1) is 0 Å². The number of aryl methyl sites for hydroxylation is 1. The molecule has 3 heteroatoms. The van der Waals surface area contributed by atoms with Crippen molar-refractivity contribution in [3.05, 3.63) is 29.3 Å². The van der Waals surface area contributed by atoms with Gasteiger partial charge in [0, 0.05) is 25.2 Å². The van der Waals surface area contributed by atoms with Crippen LogP contribution in [-0.4, -0.2) is 38.2 Å². The number of hydrogen-bond acceptors (Lipinski definition) is 3. The van der Waals surface area contributed by atoms with E-state index >= 15 is 0 Å². The van der Waals surface area contributed by atoms with Crippen LogP contribution in [0.4, 0.5) is 0 Å². The van der Waals surface area contributed by atoms with Gasteiger partial charge in [0.25, 0.3) is 0 Å². The molecule has 1 fully saturated rings. The lowest BCUT2D eigenvalue weighted by Crippen LogP contribution is -2.36. The van der Waals surface area contributed by atoms with E-state index in [0.717, 1.165) is 24.9 Å². The number of rotatable bonds is 6. The van der Waals surface area contributed by atoms with Gasteiger partial charge in [0.1, 0.15) is 5.75 Å². The van der Waals surface area contributed by atoms with Gasteiger partial charge in [-0.25, -0.2) is 0 Å². The standard InChI is InChI=1S/C18H28N2O/c1-20(15-5-3-4-6-15)12-11-19-18-10-8-14-7-9-16(21-2)13-17(14)18/h7,9,13,15,18-19H,3-6,8,10-12H2,1-2H3. The molecule has 2 aliphatic carbocycles. The van der Waals surface area contributed by atoms with E-state index in [-0.39, 0.29) is 0 Å². The summed E-state index contributed by atoms with van der Waals surface area (Å²) in [7, 11) is 4.03. The van der Waals surface area contributed by atoms with Crippen molar-refractivity contribution in [2.24, 2.45) is 0 Å². The van der Waals surface area contributed by atoms with Crippen LogP contribution in [0.3, 0.4) is 0 Å². The van der Waals surface area contributed by atoms with Crippen molar-refractivity contribution in [1.82, 2.24) is 10.2 Å². The second-order valence-electron chi connectivity index (χ2n) is 6.53. The predicted molar refractivity (Wildman–Crippen MR) is 86.9 cm³/mol. The fraction of sp³-hybridized carbons (Fsp3) is 0.667. The Bertz CT molecular complexity index is 468. The predicted octanol–water partition coefficient (Wildman–Crippen LogP) is 3.15. The summed E-state index contributed by atoms with van der Waals surface area (Å²) in [5, 5.41) is 3.75. The van der Waals surface area contributed by atoms with Crippen molar-refractivity contribution in [3.63, 3.8) is 0 Å². The van der Waals surface area contributed by atoms with Gasteiger partial charge in [0.15, 0.2) is 0 Å². The molecular formula is C18H28N2O. The second-order valence-corrected chi connectivity index (χ2v) is 6.53. The molecule has 0 heterocycles. The average Bonchev–Trinajstić information content (AvgIpc) is 3.16. The van der Waals surface area contributed by atoms with Crippen molar-refractivity contribution < 1.29 is 4.74 Å². The molecule has 116 valence electrons. The number of benzene rings is 1. The van der Waals surface area contributed by atoms with Crippen molar-refractivity contribution in [2.75, 3.05) is 27.2 Å². The van der Waals surface area contributed by atoms with E-state index in [4.69, 9.17) is 4.74 Å². The lowest BCUT2D eigenvalue weighted by Gasteiger charge is -2.25. The van der Waals surface area contributed by atoms with Crippen molar-refractivity contribution in [2.45, 2.75) is 50.6 Å². The van der Waals surface area contributed by atoms with E-state index in [2.05, 4.69) is 35.5 Å². The third-order valence-corrected chi connectivity index (χ3v) is 5.23. The van der Waals surface area contributed by atoms with Crippen molar-refractivity contribution in [1.29, 1.82) is 0 Å². The molecule has 3 rings (SSSR count). The smallest absolute Gasteiger partial charge is 0.119 e. The highest BCUT2D eigenvalue weighted by molar-refractivity contribution is 5.40. The molecule has 1 saturated carbocycles. The Kier molecular flexibility index (Phi) is 4.81. The molecule has 0 aliphatic heterocycles. The molecule has 0 bridgehead atoms. The summed E-state index contributed by atoms with van der Waals surface area (Å²) in [6.07, 6.45) is 8.02. The molecule has 0 aromatic heterocycles. The first kappa shape index (κ1) is 14.9. The lowest BCUT2D eigenvalue weighted by molar-refractivity contribution is 0.242. The van der Waals surface area contributed by atoms with E-state index in [1.807, 2.05) is 0 Å². The molecule has 2 aliphatic rings. The maximum absolute atomic E-state index is 5.36. The maximum atomic E-state index is 5.36. The SMILES string of the molecule is COc1ccc2c(c1)C(NCCN(C)C1CCCC1)CC2. The largest absolute Gasteiger partial charge is 0.497 e. The topological polar surface area (TPSA) is 24.5 Å². The van der Waals surface area contributed by atoms with E-state index in [1.165, 1.54) is 49.7 Å². The lowest BCUT2D eigenvalue weighted by atomic mass is 10.1. The zero-order valence-electron chi connectivity index (χ0n) is 13.4. The van der Waals surface area contributed by atoms with E-state index in [9.17, 15) is 0 Å². The zero-order chi connectivity index (χ0) is 14.7. The number of methoxy groups -OCH3 is 1. The Morgan fingerprint density at radius 3 is 2.81 bits per heavy atom. The monoisotopic (exact) mass is 288 g/mol. The molecule has 0 radical (unpaired) electrons. The van der Waals surface area contributed by atoms with Gasteiger partial charge in [0.2, 0.25) is 0 Å². The molecule has 1 atom stereocenters. The molecule has 0 spiro atoms. The number of likely N-dealkylation sites (N-methyl/N-ethyl adjacent to an activating group) is 1. The zero-order valence-corrected chi connectivity index (χ0v) is 13.4. The normalized spacial score (nSPS) is 22.0. The molecule has 1 N–H and O–H groups in total. The number of fused-ring (bicyclic) bond motifs is 1. The minimum Gasteiger partial charge on any atom is -0.497 e. The Morgan fingerprint density at radius 1 is 1.24 bits per heavy atom. The number of nitrogens with one attached hydrogen (secondary N) is 1. The van der Waals surface area contributed by atoms with Gasteiger partial charge in [-0.1, -0.05) is 18.9 Å². The molecule has 1 aromatic carbocycles. The summed E-state index contributed by atoms with van der Waals surface area (Å²) in [6, 6.07) is 7.84. The van der Waals surface area contributed by atoms with E-state index in [0.29, 0.717) is 6.04 Å². The van der Waals surface area contributed by atoms with Crippen LogP contribution in [-0.2, 0) is 6.42 Å². The van der Waals surface area contributed by atoms with Crippen molar-refractivity contribution in [3.8, 4) is 5.75 Å². The van der Waals surface area contributed by atoms with Gasteiger partial charge in [-0.2, -0.15) is 0 Å². The summed E-state index contributed by atoms with van der Waals surface area (Å²) in [4.78, 5) is 2.54. The van der Waals surface area contributed by atoms with Gasteiger partial charge < -0.3 is 15.0 Å². The van der Waals surface area contributed by atoms with Crippen molar-refractivity contribution >= 4 is 0 Å². The van der Waals surface area contributed by atoms with Crippen LogP contribution >= 0.6 is 0 Å². The van der Waals surface area contributed by atoms with E-state index < -0.39 is 0 Å². The Labute approximate surface area is 128 Å². The number of hydrogen-bond donors (Lipinski definition) is 1. The summed E-state index contributed by atoms with van der Waals surface area (Å²) in [5.74, 6) is 0.977. The first-order chi connectivity index (χ1) is 10.3. The van der Waals surface area contributed by atoms with Gasteiger partial charge in [-0.15, -0.1) is 0 Å². The van der Waals surface area contributed by atoms with Crippen LogP contribution < -0.4 is 10.1 Å².